The Bertz CT molecular complexity index is 1140. The average Bonchev–Trinajstić information content (AvgIpc) is 2.74. The summed E-state index contributed by atoms with van der Waals surface area (Å²) in [6.07, 6.45) is 1.45. The molecule has 0 bridgehead atoms. The van der Waals surface area contributed by atoms with Crippen molar-refractivity contribution in [1.29, 1.82) is 5.26 Å². The zero-order valence-electron chi connectivity index (χ0n) is 15.5. The van der Waals surface area contributed by atoms with Gasteiger partial charge in [-0.2, -0.15) is 5.26 Å². The zero-order chi connectivity index (χ0) is 21.5. The van der Waals surface area contributed by atoms with Gasteiger partial charge < -0.3 is 10.1 Å². The SMILES string of the molecule is N#C/C(=C/c1ccc(OCc2ccc(Cl)cc2)c(I)c1)C(=O)Nc1ccccc1F. The zero-order valence-corrected chi connectivity index (χ0v) is 18.4. The third-order valence-corrected chi connectivity index (χ3v) is 5.16. The molecule has 4 nitrogen and oxygen atoms in total. The Morgan fingerprint density at radius 1 is 1.17 bits per heavy atom. The Labute approximate surface area is 192 Å². The highest BCUT2D eigenvalue weighted by molar-refractivity contribution is 14.1. The fraction of sp³-hybridized carbons (Fsp3) is 0.0435. The first kappa shape index (κ1) is 21.8. The lowest BCUT2D eigenvalue weighted by Crippen LogP contribution is -2.14. The number of halogens is 3. The molecule has 3 aromatic rings. The Hall–Kier alpha value is -2.89. The number of carbonyl (C=O) groups is 1. The standard InChI is InChI=1S/C23H15ClFIN2O2/c24-18-8-5-15(6-9-18)14-30-22-10-7-16(12-20(22)26)11-17(13-27)23(29)28-21-4-2-1-3-19(21)25/h1-12H,14H2,(H,28,29)/b17-11-. The molecule has 0 heterocycles. The van der Waals surface area contributed by atoms with Gasteiger partial charge in [-0.3, -0.25) is 4.79 Å². The molecule has 0 aliphatic heterocycles. The molecule has 0 aromatic heterocycles. The molecule has 0 saturated carbocycles. The van der Waals surface area contributed by atoms with Crippen molar-refractivity contribution in [3.8, 4) is 11.8 Å². The molecular formula is C23H15ClFIN2O2. The fourth-order valence-electron chi connectivity index (χ4n) is 2.53. The van der Waals surface area contributed by atoms with Crippen LogP contribution in [0.1, 0.15) is 11.1 Å². The van der Waals surface area contributed by atoms with E-state index in [0.29, 0.717) is 22.9 Å². The van der Waals surface area contributed by atoms with Gasteiger partial charge in [0.1, 0.15) is 29.8 Å². The summed E-state index contributed by atoms with van der Waals surface area (Å²) in [7, 11) is 0. The number of rotatable bonds is 6. The van der Waals surface area contributed by atoms with Crippen LogP contribution in [-0.4, -0.2) is 5.91 Å². The van der Waals surface area contributed by atoms with E-state index >= 15 is 0 Å². The van der Waals surface area contributed by atoms with E-state index in [1.807, 2.05) is 18.2 Å². The van der Waals surface area contributed by atoms with Crippen molar-refractivity contribution in [2.75, 3.05) is 5.32 Å². The van der Waals surface area contributed by atoms with Crippen LogP contribution >= 0.6 is 34.2 Å². The van der Waals surface area contributed by atoms with Gasteiger partial charge in [0.2, 0.25) is 0 Å². The van der Waals surface area contributed by atoms with E-state index < -0.39 is 11.7 Å². The number of benzene rings is 3. The summed E-state index contributed by atoms with van der Waals surface area (Å²) in [5, 5.41) is 12.4. The number of amides is 1. The molecule has 7 heteroatoms. The second-order valence-electron chi connectivity index (χ2n) is 6.21. The van der Waals surface area contributed by atoms with E-state index in [4.69, 9.17) is 16.3 Å². The molecule has 1 amide bonds. The molecule has 30 heavy (non-hydrogen) atoms. The Balaban J connectivity index is 1.71. The first-order valence-electron chi connectivity index (χ1n) is 8.81. The maximum absolute atomic E-state index is 13.7. The van der Waals surface area contributed by atoms with E-state index in [1.54, 1.807) is 36.4 Å². The lowest BCUT2D eigenvalue weighted by atomic mass is 10.1. The summed E-state index contributed by atoms with van der Waals surface area (Å²) in [6.45, 7) is 0.386. The van der Waals surface area contributed by atoms with Gasteiger partial charge in [-0.1, -0.05) is 41.9 Å². The first-order chi connectivity index (χ1) is 14.5. The van der Waals surface area contributed by atoms with E-state index in [2.05, 4.69) is 27.9 Å². The second kappa shape index (κ2) is 10.2. The minimum Gasteiger partial charge on any atom is -0.488 e. The molecule has 0 unspecified atom stereocenters. The van der Waals surface area contributed by atoms with Crippen molar-refractivity contribution in [1.82, 2.24) is 0 Å². The summed E-state index contributed by atoms with van der Waals surface area (Å²) >= 11 is 8.01. The molecule has 0 fully saturated rings. The van der Waals surface area contributed by atoms with Crippen molar-refractivity contribution in [3.63, 3.8) is 0 Å². The quantitative estimate of drug-likeness (QED) is 0.233. The third-order valence-electron chi connectivity index (χ3n) is 4.06. The number of nitrogens with zero attached hydrogens (tertiary/aromatic N) is 1. The highest BCUT2D eigenvalue weighted by Gasteiger charge is 2.12. The van der Waals surface area contributed by atoms with Crippen LogP contribution in [0.5, 0.6) is 5.75 Å². The topological polar surface area (TPSA) is 62.1 Å². The van der Waals surface area contributed by atoms with Gasteiger partial charge in [-0.25, -0.2) is 4.39 Å². The van der Waals surface area contributed by atoms with Gasteiger partial charge in [0, 0.05) is 5.02 Å². The average molecular weight is 533 g/mol. The first-order valence-corrected chi connectivity index (χ1v) is 10.3. The molecule has 1 N–H and O–H groups in total. The van der Waals surface area contributed by atoms with Crippen LogP contribution in [0.2, 0.25) is 5.02 Å². The van der Waals surface area contributed by atoms with Gasteiger partial charge in [-0.15, -0.1) is 0 Å². The van der Waals surface area contributed by atoms with Crippen LogP contribution in [-0.2, 0) is 11.4 Å². The number of nitriles is 1. The number of hydrogen-bond acceptors (Lipinski definition) is 3. The van der Waals surface area contributed by atoms with Gasteiger partial charge in [0.05, 0.1) is 9.26 Å². The molecule has 0 saturated heterocycles. The second-order valence-corrected chi connectivity index (χ2v) is 7.81. The van der Waals surface area contributed by atoms with Crippen LogP contribution in [0, 0.1) is 20.7 Å². The van der Waals surface area contributed by atoms with E-state index in [-0.39, 0.29) is 11.3 Å². The maximum atomic E-state index is 13.7. The van der Waals surface area contributed by atoms with Crippen molar-refractivity contribution in [2.24, 2.45) is 0 Å². The largest absolute Gasteiger partial charge is 0.488 e. The molecule has 0 radical (unpaired) electrons. The van der Waals surface area contributed by atoms with E-state index in [0.717, 1.165) is 9.13 Å². The fourth-order valence-corrected chi connectivity index (χ4v) is 3.35. The van der Waals surface area contributed by atoms with Crippen molar-refractivity contribution in [3.05, 3.63) is 97.8 Å². The van der Waals surface area contributed by atoms with Crippen LogP contribution in [0.3, 0.4) is 0 Å². The van der Waals surface area contributed by atoms with E-state index in [9.17, 15) is 14.4 Å². The van der Waals surface area contributed by atoms with E-state index in [1.165, 1.54) is 24.3 Å². The Morgan fingerprint density at radius 3 is 2.57 bits per heavy atom. The van der Waals surface area contributed by atoms with Gasteiger partial charge in [0.15, 0.2) is 0 Å². The molecule has 0 aliphatic carbocycles. The highest BCUT2D eigenvalue weighted by Crippen LogP contribution is 2.25. The Kier molecular flexibility index (Phi) is 7.44. The number of para-hydroxylation sites is 1. The highest BCUT2D eigenvalue weighted by atomic mass is 127. The summed E-state index contributed by atoms with van der Waals surface area (Å²) in [6, 6.07) is 20.3. The normalized spacial score (nSPS) is 10.9. The molecule has 3 aromatic carbocycles. The Morgan fingerprint density at radius 2 is 1.90 bits per heavy atom. The number of carbonyl (C=O) groups excluding carboxylic acids is 1. The van der Waals surface area contributed by atoms with Gasteiger partial charge in [0.25, 0.3) is 5.91 Å². The molecule has 0 atom stereocenters. The summed E-state index contributed by atoms with van der Waals surface area (Å²) < 4.78 is 20.4. The molecule has 3 rings (SSSR count). The van der Waals surface area contributed by atoms with Crippen LogP contribution in [0.25, 0.3) is 6.08 Å². The summed E-state index contributed by atoms with van der Waals surface area (Å²) in [5.41, 5.74) is 1.52. The lowest BCUT2D eigenvalue weighted by molar-refractivity contribution is -0.112. The van der Waals surface area contributed by atoms with Crippen LogP contribution < -0.4 is 10.1 Å². The van der Waals surface area contributed by atoms with Crippen molar-refractivity contribution < 1.29 is 13.9 Å². The number of hydrogen-bond donors (Lipinski definition) is 1. The molecule has 150 valence electrons. The predicted octanol–water partition coefficient (Wildman–Crippen LogP) is 6.21. The molecule has 0 aliphatic rings. The van der Waals surface area contributed by atoms with Crippen molar-refractivity contribution in [2.45, 2.75) is 6.61 Å². The lowest BCUT2D eigenvalue weighted by Gasteiger charge is -2.09. The monoisotopic (exact) mass is 532 g/mol. The summed E-state index contributed by atoms with van der Waals surface area (Å²) in [5.74, 6) is -0.572. The summed E-state index contributed by atoms with van der Waals surface area (Å²) in [4.78, 5) is 12.3. The smallest absolute Gasteiger partial charge is 0.266 e. The number of nitrogens with one attached hydrogen (secondary N) is 1. The number of anilines is 1. The minimum absolute atomic E-state index is 0.0178. The van der Waals surface area contributed by atoms with Crippen LogP contribution in [0.15, 0.2) is 72.3 Å². The van der Waals surface area contributed by atoms with Crippen LogP contribution in [0.4, 0.5) is 10.1 Å². The van der Waals surface area contributed by atoms with Gasteiger partial charge in [-0.05, 0) is 76.2 Å². The van der Waals surface area contributed by atoms with Crippen molar-refractivity contribution >= 4 is 51.9 Å². The van der Waals surface area contributed by atoms with Gasteiger partial charge >= 0.3 is 0 Å². The molecule has 0 spiro atoms. The minimum atomic E-state index is -0.680. The maximum Gasteiger partial charge on any atom is 0.266 e. The predicted molar refractivity (Wildman–Crippen MR) is 124 cm³/mol. The molecular weight excluding hydrogens is 518 g/mol. The number of ether oxygens (including phenoxy) is 1. The third kappa shape index (κ3) is 5.81.